The topological polar surface area (TPSA) is 109 Å². The Balaban J connectivity index is 1.88. The van der Waals surface area contributed by atoms with Crippen molar-refractivity contribution in [3.63, 3.8) is 0 Å². The standard InChI is InChI=1S/C22H24B2N2O5/c23-22(24,20(30)31)25-19(29)16-17(27)15-10-9-14(13-7-3-1-4-8-13)26(15)21(18(16)28)11-5-2-6-12-21/h1,3-4,7-10,28H,2,5-6,11-12,23-24H2,(H,25,29)(H,30,31). The molecule has 2 heterocycles. The van der Waals surface area contributed by atoms with E-state index < -0.39 is 28.5 Å². The van der Waals surface area contributed by atoms with Crippen molar-refractivity contribution >= 4 is 33.4 Å². The lowest BCUT2D eigenvalue weighted by molar-refractivity contribution is -0.140. The second-order valence-electron chi connectivity index (χ2n) is 8.83. The third-order valence-corrected chi connectivity index (χ3v) is 6.38. The Morgan fingerprint density at radius 3 is 2.23 bits per heavy atom. The van der Waals surface area contributed by atoms with Crippen LogP contribution in [-0.4, -0.2) is 53.5 Å². The zero-order valence-corrected chi connectivity index (χ0v) is 17.6. The fourth-order valence-electron chi connectivity index (χ4n) is 4.69. The highest BCUT2D eigenvalue weighted by Crippen LogP contribution is 2.47. The van der Waals surface area contributed by atoms with Crippen LogP contribution in [0.25, 0.3) is 11.3 Å². The Morgan fingerprint density at radius 2 is 1.61 bits per heavy atom. The van der Waals surface area contributed by atoms with Crippen LogP contribution in [0.4, 0.5) is 0 Å². The number of fused-ring (bicyclic) bond motifs is 2. The van der Waals surface area contributed by atoms with Crippen LogP contribution in [0.3, 0.4) is 0 Å². The molecule has 158 valence electrons. The molecule has 1 aliphatic carbocycles. The summed E-state index contributed by atoms with van der Waals surface area (Å²) in [5.74, 6) is -2.97. The van der Waals surface area contributed by atoms with Crippen molar-refractivity contribution in [1.82, 2.24) is 9.88 Å². The van der Waals surface area contributed by atoms with Gasteiger partial charge in [-0.25, -0.2) is 0 Å². The summed E-state index contributed by atoms with van der Waals surface area (Å²) < 4.78 is 1.89. The van der Waals surface area contributed by atoms with E-state index in [2.05, 4.69) is 5.32 Å². The minimum absolute atomic E-state index is 0.267. The number of ketones is 1. The minimum Gasteiger partial charge on any atom is -0.509 e. The molecule has 0 saturated heterocycles. The molecule has 31 heavy (non-hydrogen) atoms. The van der Waals surface area contributed by atoms with Gasteiger partial charge in [-0.2, -0.15) is 0 Å². The van der Waals surface area contributed by atoms with Gasteiger partial charge < -0.3 is 20.1 Å². The van der Waals surface area contributed by atoms with Gasteiger partial charge in [-0.15, -0.1) is 0 Å². The number of hydrogen-bond donors (Lipinski definition) is 3. The van der Waals surface area contributed by atoms with Gasteiger partial charge in [0.1, 0.15) is 32.6 Å². The number of aromatic nitrogens is 1. The van der Waals surface area contributed by atoms with E-state index >= 15 is 0 Å². The van der Waals surface area contributed by atoms with Gasteiger partial charge in [-0.1, -0.05) is 49.6 Å². The fourth-order valence-corrected chi connectivity index (χ4v) is 4.69. The smallest absolute Gasteiger partial charge is 0.311 e. The first-order valence-corrected chi connectivity index (χ1v) is 10.5. The Hall–Kier alpha value is -3.22. The van der Waals surface area contributed by atoms with Crippen molar-refractivity contribution < 1.29 is 24.6 Å². The molecular formula is C22H24B2N2O5. The molecule has 1 fully saturated rings. The molecule has 1 saturated carbocycles. The van der Waals surface area contributed by atoms with Crippen molar-refractivity contribution in [3.8, 4) is 11.3 Å². The highest BCUT2D eigenvalue weighted by molar-refractivity contribution is 6.51. The molecule has 0 radical (unpaired) electrons. The molecule has 9 heteroatoms. The van der Waals surface area contributed by atoms with Crippen LogP contribution < -0.4 is 5.32 Å². The van der Waals surface area contributed by atoms with Crippen LogP contribution in [0.1, 0.15) is 42.6 Å². The molecule has 4 rings (SSSR count). The quantitative estimate of drug-likeness (QED) is 0.506. The van der Waals surface area contributed by atoms with Gasteiger partial charge in [0.2, 0.25) is 5.78 Å². The van der Waals surface area contributed by atoms with Gasteiger partial charge in [0, 0.05) is 5.69 Å². The lowest BCUT2D eigenvalue weighted by atomic mass is 9.62. The van der Waals surface area contributed by atoms with Crippen molar-refractivity contribution in [2.24, 2.45) is 0 Å². The number of nitrogens with one attached hydrogen (secondary N) is 1. The van der Waals surface area contributed by atoms with Crippen LogP contribution in [0, 0.1) is 0 Å². The number of carboxylic acids is 1. The average Bonchev–Trinajstić information content (AvgIpc) is 3.20. The number of allylic oxidation sites excluding steroid dienone is 1. The van der Waals surface area contributed by atoms with E-state index in [-0.39, 0.29) is 11.3 Å². The maximum atomic E-state index is 13.3. The first kappa shape index (κ1) is 21.0. The molecule has 3 N–H and O–H groups in total. The Morgan fingerprint density at radius 1 is 1.00 bits per heavy atom. The number of aliphatic carboxylic acids is 1. The number of aliphatic hydroxyl groups is 1. The average molecular weight is 418 g/mol. The molecule has 1 amide bonds. The molecule has 0 bridgehead atoms. The number of rotatable bonds is 4. The van der Waals surface area contributed by atoms with E-state index in [9.17, 15) is 24.6 Å². The van der Waals surface area contributed by atoms with E-state index in [1.165, 1.54) is 15.7 Å². The number of nitrogens with zero attached hydrogens (tertiary/aromatic N) is 1. The minimum atomic E-state index is -1.58. The number of benzene rings is 1. The third kappa shape index (κ3) is 3.28. The van der Waals surface area contributed by atoms with Crippen molar-refractivity contribution in [3.05, 3.63) is 59.5 Å². The Bertz CT molecular complexity index is 1100. The Labute approximate surface area is 182 Å². The summed E-state index contributed by atoms with van der Waals surface area (Å²) in [5.41, 5.74) is 0.788. The maximum absolute atomic E-state index is 13.3. The SMILES string of the molecule is BC(B)(NC(=O)C1=C(O)C2(CCCCC2)n2c(ccc2-c2ccccc2)C1=O)C(=O)O. The number of carboxylic acid groups (broad SMARTS) is 1. The molecule has 1 aliphatic heterocycles. The number of carbonyl (C=O) groups excluding carboxylic acids is 2. The second-order valence-corrected chi connectivity index (χ2v) is 8.83. The zero-order valence-electron chi connectivity index (χ0n) is 17.6. The van der Waals surface area contributed by atoms with Gasteiger partial charge in [-0.05, 0) is 30.5 Å². The summed E-state index contributed by atoms with van der Waals surface area (Å²) >= 11 is 0. The van der Waals surface area contributed by atoms with Crippen LogP contribution >= 0.6 is 0 Å². The van der Waals surface area contributed by atoms with Gasteiger partial charge >= 0.3 is 5.97 Å². The van der Waals surface area contributed by atoms with Gasteiger partial charge in [-0.3, -0.25) is 14.4 Å². The number of hydrogen-bond acceptors (Lipinski definition) is 4. The summed E-state index contributed by atoms with van der Waals surface area (Å²) in [6.07, 6.45) is 3.88. The molecular weight excluding hydrogens is 394 g/mol. The summed E-state index contributed by atoms with van der Waals surface area (Å²) in [5, 5.41) is 21.6. The van der Waals surface area contributed by atoms with Crippen molar-refractivity contribution in [2.75, 3.05) is 0 Å². The number of Topliss-reactive ketones (excluding diaryl/α,β-unsaturated/α-hetero) is 1. The predicted octanol–water partition coefficient (Wildman–Crippen LogP) is 0.944. The normalized spacial score (nSPS) is 18.0. The molecule has 1 aromatic carbocycles. The van der Waals surface area contributed by atoms with E-state index in [0.29, 0.717) is 18.5 Å². The van der Waals surface area contributed by atoms with Crippen molar-refractivity contribution in [1.29, 1.82) is 0 Å². The summed E-state index contributed by atoms with van der Waals surface area (Å²) in [7, 11) is 2.68. The number of aliphatic hydroxyl groups excluding tert-OH is 1. The van der Waals surface area contributed by atoms with E-state index in [0.717, 1.165) is 30.5 Å². The third-order valence-electron chi connectivity index (χ3n) is 6.38. The number of amides is 1. The predicted molar refractivity (Wildman–Crippen MR) is 121 cm³/mol. The summed E-state index contributed by atoms with van der Waals surface area (Å²) in [6, 6.07) is 13.2. The second kappa shape index (κ2) is 7.48. The molecule has 2 aliphatic rings. The van der Waals surface area contributed by atoms with Crippen LogP contribution in [0.5, 0.6) is 0 Å². The van der Waals surface area contributed by atoms with Crippen molar-refractivity contribution in [2.45, 2.75) is 43.0 Å². The first-order valence-electron chi connectivity index (χ1n) is 10.5. The first-order chi connectivity index (χ1) is 14.7. The molecule has 2 aromatic rings. The summed E-state index contributed by atoms with van der Waals surface area (Å²) in [4.78, 5) is 37.9. The zero-order chi connectivity index (χ0) is 22.4. The van der Waals surface area contributed by atoms with Crippen LogP contribution in [-0.2, 0) is 15.1 Å². The largest absolute Gasteiger partial charge is 0.509 e. The molecule has 1 spiro atoms. The van der Waals surface area contributed by atoms with E-state index in [4.69, 9.17) is 0 Å². The summed E-state index contributed by atoms with van der Waals surface area (Å²) in [6.45, 7) is 0. The fraction of sp³-hybridized carbons (Fsp3) is 0.318. The van der Waals surface area contributed by atoms with Gasteiger partial charge in [0.05, 0.1) is 11.0 Å². The lowest BCUT2D eigenvalue weighted by Crippen LogP contribution is -2.57. The van der Waals surface area contributed by atoms with Gasteiger partial charge in [0.15, 0.2) is 0 Å². The number of carbonyl (C=O) groups is 3. The van der Waals surface area contributed by atoms with E-state index in [1.54, 1.807) is 6.07 Å². The van der Waals surface area contributed by atoms with E-state index in [1.807, 2.05) is 41.0 Å². The molecule has 0 atom stereocenters. The molecule has 1 aromatic heterocycles. The Kier molecular flexibility index (Phi) is 5.07. The maximum Gasteiger partial charge on any atom is 0.311 e. The monoisotopic (exact) mass is 418 g/mol. The van der Waals surface area contributed by atoms with Gasteiger partial charge in [0.25, 0.3) is 5.91 Å². The lowest BCUT2D eigenvalue weighted by Gasteiger charge is -2.43. The highest BCUT2D eigenvalue weighted by Gasteiger charge is 2.49. The van der Waals surface area contributed by atoms with Crippen LogP contribution in [0.2, 0.25) is 0 Å². The highest BCUT2D eigenvalue weighted by atomic mass is 16.4. The molecule has 0 unspecified atom stereocenters. The van der Waals surface area contributed by atoms with Crippen LogP contribution in [0.15, 0.2) is 53.8 Å². The molecule has 7 nitrogen and oxygen atoms in total.